The summed E-state index contributed by atoms with van der Waals surface area (Å²) in [4.78, 5) is 29.4. The van der Waals surface area contributed by atoms with Crippen molar-refractivity contribution in [1.29, 1.82) is 0 Å². The molecule has 0 aromatic heterocycles. The molecule has 3 unspecified atom stereocenters. The van der Waals surface area contributed by atoms with Gasteiger partial charge in [0.1, 0.15) is 11.2 Å². The molecule has 260 valence electrons. The fraction of sp³-hybridized carbons (Fsp3) is 0.611. The van der Waals surface area contributed by atoms with Crippen LogP contribution in [0, 0.1) is 5.92 Å². The molecule has 0 spiro atoms. The summed E-state index contributed by atoms with van der Waals surface area (Å²) in [6.45, 7) is 17.1. The molecule has 11 heteroatoms. The molecule has 0 aliphatic carbocycles. The van der Waals surface area contributed by atoms with Gasteiger partial charge >= 0.3 is 12.2 Å². The average molecular weight is 671 g/mol. The van der Waals surface area contributed by atoms with Gasteiger partial charge in [0.15, 0.2) is 0 Å². The van der Waals surface area contributed by atoms with E-state index >= 15 is 0 Å². The summed E-state index contributed by atoms with van der Waals surface area (Å²) in [6, 6.07) is 16.9. The topological polar surface area (TPSA) is 108 Å². The Kier molecular flexibility index (Phi) is 11.3. The number of amides is 2. The Morgan fingerprint density at radius 2 is 1.53 bits per heavy atom. The van der Waals surface area contributed by atoms with Crippen LogP contribution in [0.5, 0.6) is 0 Å². The smallest absolute Gasteiger partial charge is 0.410 e. The van der Waals surface area contributed by atoms with Gasteiger partial charge in [0, 0.05) is 51.2 Å². The number of piperidine rings is 1. The lowest BCUT2D eigenvalue weighted by Gasteiger charge is -2.40. The SMILES string of the molecule is CN(CC(C)(CCN1CCC2C(CCN2C(=O)OC(C)(C)C)C1)c1ccccc1)S(=O)(=O)c1ccc(CNC(=O)OC(C)(C)C)cc1. The van der Waals surface area contributed by atoms with Crippen LogP contribution in [0.4, 0.5) is 9.59 Å². The Morgan fingerprint density at radius 3 is 2.15 bits per heavy atom. The van der Waals surface area contributed by atoms with Crippen molar-refractivity contribution in [2.24, 2.45) is 5.92 Å². The Labute approximate surface area is 281 Å². The number of likely N-dealkylation sites (N-methyl/N-ethyl adjacent to an activating group) is 1. The Morgan fingerprint density at radius 1 is 0.894 bits per heavy atom. The molecule has 2 aliphatic rings. The van der Waals surface area contributed by atoms with Crippen LogP contribution in [-0.4, -0.2) is 91.7 Å². The van der Waals surface area contributed by atoms with Crippen molar-refractivity contribution < 1.29 is 27.5 Å². The monoisotopic (exact) mass is 670 g/mol. The fourth-order valence-electron chi connectivity index (χ4n) is 6.59. The number of fused-ring (bicyclic) bond motifs is 1. The maximum atomic E-state index is 13.8. The molecule has 2 aromatic carbocycles. The van der Waals surface area contributed by atoms with E-state index in [9.17, 15) is 18.0 Å². The molecule has 2 saturated heterocycles. The third-order valence-electron chi connectivity index (χ3n) is 9.04. The van der Waals surface area contributed by atoms with Gasteiger partial charge in [-0.05, 0) is 96.5 Å². The maximum Gasteiger partial charge on any atom is 0.410 e. The van der Waals surface area contributed by atoms with Crippen LogP contribution in [0.3, 0.4) is 0 Å². The summed E-state index contributed by atoms with van der Waals surface area (Å²) < 4.78 is 39.9. The van der Waals surface area contributed by atoms with Crippen molar-refractivity contribution in [3.63, 3.8) is 0 Å². The summed E-state index contributed by atoms with van der Waals surface area (Å²) in [5, 5.41) is 2.71. The highest BCUT2D eigenvalue weighted by Crippen LogP contribution is 2.35. The van der Waals surface area contributed by atoms with E-state index in [0.29, 0.717) is 12.5 Å². The molecule has 2 fully saturated rings. The van der Waals surface area contributed by atoms with Gasteiger partial charge in [-0.2, -0.15) is 0 Å². The van der Waals surface area contributed by atoms with E-state index in [2.05, 4.69) is 29.3 Å². The normalized spacial score (nSPS) is 20.4. The third kappa shape index (κ3) is 9.93. The second-order valence-electron chi connectivity index (χ2n) is 15.3. The number of nitrogens with one attached hydrogen (secondary N) is 1. The summed E-state index contributed by atoms with van der Waals surface area (Å²) >= 11 is 0. The number of carbonyl (C=O) groups excluding carboxylic acids is 2. The number of sulfonamides is 1. The number of likely N-dealkylation sites (tertiary alicyclic amines) is 2. The van der Waals surface area contributed by atoms with E-state index in [0.717, 1.165) is 56.6 Å². The lowest BCUT2D eigenvalue weighted by atomic mass is 9.79. The van der Waals surface area contributed by atoms with Crippen LogP contribution in [-0.2, 0) is 31.5 Å². The molecule has 0 bridgehead atoms. The molecule has 2 aliphatic heterocycles. The molecular formula is C36H54N4O6S. The van der Waals surface area contributed by atoms with E-state index in [4.69, 9.17) is 9.47 Å². The number of hydrogen-bond acceptors (Lipinski definition) is 7. The predicted octanol–water partition coefficient (Wildman–Crippen LogP) is 6.01. The van der Waals surface area contributed by atoms with Crippen LogP contribution in [0.1, 0.15) is 78.9 Å². The van der Waals surface area contributed by atoms with E-state index < -0.39 is 32.7 Å². The highest BCUT2D eigenvalue weighted by Gasteiger charge is 2.42. The van der Waals surface area contributed by atoms with Crippen LogP contribution >= 0.6 is 0 Å². The third-order valence-corrected chi connectivity index (χ3v) is 10.9. The lowest BCUT2D eigenvalue weighted by Crippen LogP contribution is -2.49. The quantitative estimate of drug-likeness (QED) is 0.330. The Bertz CT molecular complexity index is 1470. The number of alkyl carbamates (subject to hydrolysis) is 1. The van der Waals surface area contributed by atoms with E-state index in [1.54, 1.807) is 52.1 Å². The number of benzene rings is 2. The van der Waals surface area contributed by atoms with Crippen LogP contribution < -0.4 is 5.32 Å². The highest BCUT2D eigenvalue weighted by molar-refractivity contribution is 7.89. The lowest BCUT2D eigenvalue weighted by molar-refractivity contribution is 0.0139. The van der Waals surface area contributed by atoms with Crippen LogP contribution in [0.2, 0.25) is 0 Å². The molecule has 0 saturated carbocycles. The van der Waals surface area contributed by atoms with Crippen LogP contribution in [0.25, 0.3) is 0 Å². The van der Waals surface area contributed by atoms with E-state index in [1.807, 2.05) is 43.9 Å². The first-order valence-corrected chi connectivity index (χ1v) is 18.1. The van der Waals surface area contributed by atoms with E-state index in [1.165, 1.54) is 4.31 Å². The molecule has 47 heavy (non-hydrogen) atoms. The van der Waals surface area contributed by atoms with Gasteiger partial charge in [-0.15, -0.1) is 0 Å². The average Bonchev–Trinajstić information content (AvgIpc) is 3.42. The first-order chi connectivity index (χ1) is 21.9. The van der Waals surface area contributed by atoms with Crippen molar-refractivity contribution in [3.8, 4) is 0 Å². The molecule has 3 atom stereocenters. The number of carbonyl (C=O) groups is 2. The van der Waals surface area contributed by atoms with Crippen molar-refractivity contribution in [1.82, 2.24) is 19.4 Å². The number of ether oxygens (including phenoxy) is 2. The van der Waals surface area contributed by atoms with Gasteiger partial charge in [0.25, 0.3) is 0 Å². The van der Waals surface area contributed by atoms with Crippen molar-refractivity contribution in [3.05, 3.63) is 65.7 Å². The van der Waals surface area contributed by atoms with E-state index in [-0.39, 0.29) is 23.6 Å². The summed E-state index contributed by atoms with van der Waals surface area (Å²) in [6.07, 6.45) is 1.91. The van der Waals surface area contributed by atoms with Gasteiger partial charge in [-0.25, -0.2) is 22.3 Å². The molecule has 2 amide bonds. The zero-order chi connectivity index (χ0) is 34.6. The molecule has 2 heterocycles. The number of rotatable bonds is 10. The number of nitrogens with zero attached hydrogens (tertiary/aromatic N) is 3. The molecule has 4 rings (SSSR count). The fourth-order valence-corrected chi connectivity index (χ4v) is 7.89. The van der Waals surface area contributed by atoms with Gasteiger partial charge < -0.3 is 24.6 Å². The minimum atomic E-state index is -3.78. The standard InChI is InChI=1S/C36H54N4O6S/c1-34(2,3)45-32(41)37-24-27-14-16-30(17-15-27)47(43,44)38(8)26-36(7,29-12-10-9-11-13-29)20-23-39-21-19-31-28(25-39)18-22-40(31)33(42)46-35(4,5)6/h9-17,28,31H,18-26H2,1-8H3,(H,37,41). The molecule has 10 nitrogen and oxygen atoms in total. The Hall–Kier alpha value is -3.15. The first kappa shape index (κ1) is 36.7. The highest BCUT2D eigenvalue weighted by atomic mass is 32.2. The van der Waals surface area contributed by atoms with Crippen molar-refractivity contribution in [2.45, 2.75) is 102 Å². The second-order valence-corrected chi connectivity index (χ2v) is 17.4. The summed E-state index contributed by atoms with van der Waals surface area (Å²) in [5.74, 6) is 0.407. The second kappa shape index (κ2) is 14.5. The Balaban J connectivity index is 1.39. The predicted molar refractivity (Wildman–Crippen MR) is 184 cm³/mol. The van der Waals surface area contributed by atoms with Gasteiger partial charge in [-0.1, -0.05) is 49.4 Å². The molecule has 1 N–H and O–H groups in total. The van der Waals surface area contributed by atoms with Crippen LogP contribution in [0.15, 0.2) is 59.5 Å². The minimum Gasteiger partial charge on any atom is -0.444 e. The summed E-state index contributed by atoms with van der Waals surface area (Å²) in [5.41, 5.74) is 0.320. The molecule has 2 aromatic rings. The van der Waals surface area contributed by atoms with Gasteiger partial charge in [-0.3, -0.25) is 0 Å². The zero-order valence-corrected chi connectivity index (χ0v) is 30.2. The minimum absolute atomic E-state index is 0.203. The molecular weight excluding hydrogens is 616 g/mol. The first-order valence-electron chi connectivity index (χ1n) is 16.7. The zero-order valence-electron chi connectivity index (χ0n) is 29.4. The van der Waals surface area contributed by atoms with Gasteiger partial charge in [0.2, 0.25) is 10.0 Å². The molecule has 0 radical (unpaired) electrons. The summed E-state index contributed by atoms with van der Waals surface area (Å²) in [7, 11) is -2.13. The maximum absolute atomic E-state index is 13.8. The number of hydrogen-bond donors (Lipinski definition) is 1. The van der Waals surface area contributed by atoms with Gasteiger partial charge in [0.05, 0.1) is 4.90 Å². The largest absolute Gasteiger partial charge is 0.444 e. The van der Waals surface area contributed by atoms with Crippen molar-refractivity contribution >= 4 is 22.2 Å². The van der Waals surface area contributed by atoms with Crippen molar-refractivity contribution in [2.75, 3.05) is 39.8 Å².